The third-order valence-electron chi connectivity index (χ3n) is 4.80. The lowest BCUT2D eigenvalue weighted by atomic mass is 10.1. The number of unbranched alkanes of at least 4 members (excludes halogenated alkanes) is 4. The predicted molar refractivity (Wildman–Crippen MR) is 83.9 cm³/mol. The van der Waals surface area contributed by atoms with Gasteiger partial charge in [-0.2, -0.15) is 0 Å². The van der Waals surface area contributed by atoms with E-state index in [1.165, 1.54) is 19.3 Å². The number of amides is 2. The van der Waals surface area contributed by atoms with Gasteiger partial charge in [0.05, 0.1) is 5.92 Å². The van der Waals surface area contributed by atoms with Crippen LogP contribution in [0.5, 0.6) is 0 Å². The van der Waals surface area contributed by atoms with Crippen molar-refractivity contribution in [2.75, 3.05) is 26.2 Å². The average molecular weight is 294 g/mol. The van der Waals surface area contributed by atoms with Crippen LogP contribution in [0, 0.1) is 5.92 Å². The zero-order chi connectivity index (χ0) is 15.1. The molecule has 21 heavy (non-hydrogen) atoms. The third kappa shape index (κ3) is 4.72. The number of nitrogens with zero attached hydrogens (tertiary/aromatic N) is 2. The normalized spacial score (nSPS) is 22.0. The van der Waals surface area contributed by atoms with Crippen LogP contribution in [0.15, 0.2) is 0 Å². The number of hydrogen-bond donors (Lipinski definition) is 0. The van der Waals surface area contributed by atoms with Gasteiger partial charge in [0.2, 0.25) is 11.8 Å². The minimum atomic E-state index is 0.0622. The highest BCUT2D eigenvalue weighted by atomic mass is 16.2. The molecule has 0 bridgehead atoms. The zero-order valence-electron chi connectivity index (χ0n) is 13.5. The Bertz CT molecular complexity index is 351. The summed E-state index contributed by atoms with van der Waals surface area (Å²) in [5.41, 5.74) is 0. The Morgan fingerprint density at radius 3 is 2.38 bits per heavy atom. The van der Waals surface area contributed by atoms with E-state index < -0.39 is 0 Å². The molecule has 0 aromatic rings. The van der Waals surface area contributed by atoms with Gasteiger partial charge in [0.15, 0.2) is 0 Å². The highest BCUT2D eigenvalue weighted by molar-refractivity contribution is 5.82. The van der Waals surface area contributed by atoms with Gasteiger partial charge in [0, 0.05) is 32.6 Å². The van der Waals surface area contributed by atoms with Gasteiger partial charge >= 0.3 is 0 Å². The van der Waals surface area contributed by atoms with Crippen LogP contribution < -0.4 is 0 Å². The smallest absolute Gasteiger partial charge is 0.227 e. The molecule has 2 fully saturated rings. The number of hydrogen-bond acceptors (Lipinski definition) is 2. The maximum atomic E-state index is 12.3. The minimum Gasteiger partial charge on any atom is -0.342 e. The summed E-state index contributed by atoms with van der Waals surface area (Å²) in [6.07, 6.45) is 9.69. The predicted octanol–water partition coefficient (Wildman–Crippen LogP) is 2.82. The fraction of sp³-hybridized carbons (Fsp3) is 0.882. The van der Waals surface area contributed by atoms with Crippen LogP contribution in [-0.2, 0) is 9.59 Å². The summed E-state index contributed by atoms with van der Waals surface area (Å²) in [5.74, 6) is 0.598. The lowest BCUT2D eigenvalue weighted by molar-refractivity contribution is -0.134. The van der Waals surface area contributed by atoms with Crippen molar-refractivity contribution in [2.24, 2.45) is 5.92 Å². The second-order valence-corrected chi connectivity index (χ2v) is 6.52. The van der Waals surface area contributed by atoms with Crippen molar-refractivity contribution < 1.29 is 9.59 Å². The molecule has 120 valence electrons. The summed E-state index contributed by atoms with van der Waals surface area (Å²) >= 11 is 0. The minimum absolute atomic E-state index is 0.0622. The molecule has 0 saturated carbocycles. The monoisotopic (exact) mass is 294 g/mol. The first-order valence-electron chi connectivity index (χ1n) is 8.79. The highest BCUT2D eigenvalue weighted by Crippen LogP contribution is 2.22. The summed E-state index contributed by atoms with van der Waals surface area (Å²) in [7, 11) is 0. The molecule has 0 aromatic heterocycles. The van der Waals surface area contributed by atoms with E-state index >= 15 is 0 Å². The first-order chi connectivity index (χ1) is 10.2. The van der Waals surface area contributed by atoms with Crippen LogP contribution in [0.3, 0.4) is 0 Å². The van der Waals surface area contributed by atoms with Crippen molar-refractivity contribution in [1.82, 2.24) is 9.80 Å². The van der Waals surface area contributed by atoms with Gasteiger partial charge in [-0.25, -0.2) is 0 Å². The van der Waals surface area contributed by atoms with Gasteiger partial charge < -0.3 is 9.80 Å². The van der Waals surface area contributed by atoms with Crippen molar-refractivity contribution in [3.05, 3.63) is 0 Å². The van der Waals surface area contributed by atoms with E-state index in [0.717, 1.165) is 51.7 Å². The third-order valence-corrected chi connectivity index (χ3v) is 4.80. The molecule has 1 atom stereocenters. The maximum absolute atomic E-state index is 12.3. The van der Waals surface area contributed by atoms with E-state index in [-0.39, 0.29) is 17.7 Å². The molecule has 2 heterocycles. The van der Waals surface area contributed by atoms with E-state index in [4.69, 9.17) is 0 Å². The molecule has 2 saturated heterocycles. The Balaban J connectivity index is 1.66. The fourth-order valence-electron chi connectivity index (χ4n) is 3.42. The Kier molecular flexibility index (Phi) is 6.52. The number of rotatable bonds is 7. The second-order valence-electron chi connectivity index (χ2n) is 6.52. The standard InChI is InChI=1S/C17H30N2O2/c1-2-3-4-5-6-9-16(20)19-13-10-15(14-19)17(21)18-11-7-8-12-18/h15H,2-14H2,1H3/t15-/m0/s1. The van der Waals surface area contributed by atoms with Gasteiger partial charge in [-0.3, -0.25) is 9.59 Å². The molecule has 0 unspecified atom stereocenters. The second kappa shape index (κ2) is 8.40. The van der Waals surface area contributed by atoms with E-state index in [1.807, 2.05) is 9.80 Å². The van der Waals surface area contributed by atoms with Crippen molar-refractivity contribution in [1.29, 1.82) is 0 Å². The molecule has 4 heteroatoms. The molecule has 0 radical (unpaired) electrons. The van der Waals surface area contributed by atoms with E-state index in [0.29, 0.717) is 13.0 Å². The molecule has 0 N–H and O–H groups in total. The Labute approximate surface area is 128 Å². The quantitative estimate of drug-likeness (QED) is 0.677. The zero-order valence-corrected chi connectivity index (χ0v) is 13.5. The molecule has 0 aromatic carbocycles. The summed E-state index contributed by atoms with van der Waals surface area (Å²) < 4.78 is 0. The van der Waals surface area contributed by atoms with Crippen molar-refractivity contribution in [2.45, 2.75) is 64.7 Å². The molecule has 2 rings (SSSR count). The van der Waals surface area contributed by atoms with Gasteiger partial charge in [-0.1, -0.05) is 32.6 Å². The average Bonchev–Trinajstić information content (AvgIpc) is 3.17. The highest BCUT2D eigenvalue weighted by Gasteiger charge is 2.33. The largest absolute Gasteiger partial charge is 0.342 e. The van der Waals surface area contributed by atoms with Crippen molar-refractivity contribution >= 4 is 11.8 Å². The van der Waals surface area contributed by atoms with E-state index in [2.05, 4.69) is 6.92 Å². The van der Waals surface area contributed by atoms with Crippen LogP contribution >= 0.6 is 0 Å². The summed E-state index contributed by atoms with van der Waals surface area (Å²) in [5, 5.41) is 0. The summed E-state index contributed by atoms with van der Waals surface area (Å²) in [6, 6.07) is 0. The molecule has 2 aliphatic rings. The molecule has 0 aliphatic carbocycles. The van der Waals surface area contributed by atoms with Gasteiger partial charge in [-0.05, 0) is 25.7 Å². The molecule has 2 amide bonds. The molecule has 0 spiro atoms. The van der Waals surface area contributed by atoms with Crippen LogP contribution in [0.4, 0.5) is 0 Å². The number of carbonyl (C=O) groups is 2. The molecule has 2 aliphatic heterocycles. The van der Waals surface area contributed by atoms with Gasteiger partial charge in [-0.15, -0.1) is 0 Å². The topological polar surface area (TPSA) is 40.6 Å². The Hall–Kier alpha value is -1.06. The fourth-order valence-corrected chi connectivity index (χ4v) is 3.42. The summed E-state index contributed by atoms with van der Waals surface area (Å²) in [6.45, 7) is 5.47. The Morgan fingerprint density at radius 2 is 1.67 bits per heavy atom. The molecule has 4 nitrogen and oxygen atoms in total. The lowest BCUT2D eigenvalue weighted by Gasteiger charge is -2.20. The van der Waals surface area contributed by atoms with Crippen molar-refractivity contribution in [3.63, 3.8) is 0 Å². The summed E-state index contributed by atoms with van der Waals surface area (Å²) in [4.78, 5) is 28.4. The molecular formula is C17H30N2O2. The van der Waals surface area contributed by atoms with Gasteiger partial charge in [0.1, 0.15) is 0 Å². The Morgan fingerprint density at radius 1 is 0.952 bits per heavy atom. The van der Waals surface area contributed by atoms with Crippen LogP contribution in [0.1, 0.15) is 64.7 Å². The number of carbonyl (C=O) groups excluding carboxylic acids is 2. The van der Waals surface area contributed by atoms with Crippen LogP contribution in [-0.4, -0.2) is 47.8 Å². The SMILES string of the molecule is CCCCCCCC(=O)N1CC[C@H](C(=O)N2CCCC2)C1. The molecular weight excluding hydrogens is 264 g/mol. The van der Waals surface area contributed by atoms with Crippen molar-refractivity contribution in [3.8, 4) is 0 Å². The maximum Gasteiger partial charge on any atom is 0.227 e. The van der Waals surface area contributed by atoms with E-state index in [9.17, 15) is 9.59 Å². The van der Waals surface area contributed by atoms with E-state index in [1.54, 1.807) is 0 Å². The first kappa shape index (κ1) is 16.3. The van der Waals surface area contributed by atoms with Gasteiger partial charge in [0.25, 0.3) is 0 Å². The lowest BCUT2D eigenvalue weighted by Crippen LogP contribution is -2.36. The van der Waals surface area contributed by atoms with Crippen LogP contribution in [0.25, 0.3) is 0 Å². The first-order valence-corrected chi connectivity index (χ1v) is 8.79. The van der Waals surface area contributed by atoms with Crippen LogP contribution in [0.2, 0.25) is 0 Å². The number of likely N-dealkylation sites (tertiary alicyclic amines) is 2.